The fraction of sp³-hybridized carbons (Fsp3) is 0.412. The van der Waals surface area contributed by atoms with Crippen LogP contribution in [0.2, 0.25) is 0 Å². The molecule has 0 radical (unpaired) electrons. The zero-order chi connectivity index (χ0) is 16.8. The van der Waals surface area contributed by atoms with Gasteiger partial charge in [-0.05, 0) is 18.6 Å². The van der Waals surface area contributed by atoms with Crippen molar-refractivity contribution in [2.24, 2.45) is 5.92 Å². The summed E-state index contributed by atoms with van der Waals surface area (Å²) in [4.78, 5) is 34.2. The second kappa shape index (κ2) is 7.72. The second-order valence-electron chi connectivity index (χ2n) is 5.94. The molecule has 126 valence electrons. The molecule has 2 amide bonds. The first kappa shape index (κ1) is 16.2. The standard InChI is InChI=1S/C17H21N5O2/c23-16-10-14(11-22(16)12-15-4-1-2-5-19-15)17(24)20-6-3-8-21-9-7-18-13-21/h1-2,4-5,7,9,13-14H,3,6,8,10-12H2,(H,20,24)/t14-/m1/s1. The van der Waals surface area contributed by atoms with E-state index < -0.39 is 0 Å². The topological polar surface area (TPSA) is 80.1 Å². The minimum atomic E-state index is -0.269. The monoisotopic (exact) mass is 327 g/mol. The molecule has 3 heterocycles. The number of rotatable bonds is 7. The van der Waals surface area contributed by atoms with E-state index >= 15 is 0 Å². The van der Waals surface area contributed by atoms with Gasteiger partial charge in [-0.2, -0.15) is 0 Å². The van der Waals surface area contributed by atoms with Gasteiger partial charge in [0.1, 0.15) is 0 Å². The van der Waals surface area contributed by atoms with Crippen molar-refractivity contribution in [2.45, 2.75) is 25.9 Å². The quantitative estimate of drug-likeness (QED) is 0.764. The average Bonchev–Trinajstić information content (AvgIpc) is 3.23. The maximum Gasteiger partial charge on any atom is 0.225 e. The van der Waals surface area contributed by atoms with Crippen molar-refractivity contribution < 1.29 is 9.59 Å². The Kier molecular flexibility index (Phi) is 5.20. The van der Waals surface area contributed by atoms with Gasteiger partial charge in [-0.15, -0.1) is 0 Å². The van der Waals surface area contributed by atoms with E-state index in [1.807, 2.05) is 29.0 Å². The van der Waals surface area contributed by atoms with Gasteiger partial charge in [0.2, 0.25) is 11.8 Å². The number of aromatic nitrogens is 3. The Balaban J connectivity index is 1.42. The minimum absolute atomic E-state index is 0.0132. The van der Waals surface area contributed by atoms with Crippen LogP contribution in [0.25, 0.3) is 0 Å². The summed E-state index contributed by atoms with van der Waals surface area (Å²) in [5, 5.41) is 2.92. The predicted octanol–water partition coefficient (Wildman–Crippen LogP) is 0.833. The molecule has 24 heavy (non-hydrogen) atoms. The second-order valence-corrected chi connectivity index (χ2v) is 5.94. The van der Waals surface area contributed by atoms with E-state index in [0.29, 0.717) is 19.6 Å². The molecule has 0 aliphatic carbocycles. The Hall–Kier alpha value is -2.70. The SMILES string of the molecule is O=C(NCCCn1ccnc1)[C@@H]1CC(=O)N(Cc2ccccn2)C1. The number of nitrogens with zero attached hydrogens (tertiary/aromatic N) is 4. The molecule has 2 aromatic heterocycles. The lowest BCUT2D eigenvalue weighted by Gasteiger charge is -2.16. The zero-order valence-corrected chi connectivity index (χ0v) is 13.5. The molecule has 0 bridgehead atoms. The number of carbonyl (C=O) groups is 2. The lowest BCUT2D eigenvalue weighted by atomic mass is 10.1. The average molecular weight is 327 g/mol. The molecular formula is C17H21N5O2. The van der Waals surface area contributed by atoms with Crippen LogP contribution in [0.15, 0.2) is 43.1 Å². The van der Waals surface area contributed by atoms with Gasteiger partial charge >= 0.3 is 0 Å². The lowest BCUT2D eigenvalue weighted by molar-refractivity contribution is -0.129. The Morgan fingerprint density at radius 3 is 3.00 bits per heavy atom. The van der Waals surface area contributed by atoms with Gasteiger partial charge in [0.25, 0.3) is 0 Å². The zero-order valence-electron chi connectivity index (χ0n) is 13.5. The molecular weight excluding hydrogens is 306 g/mol. The van der Waals surface area contributed by atoms with Gasteiger partial charge in [-0.25, -0.2) is 4.98 Å². The van der Waals surface area contributed by atoms with Gasteiger partial charge in [-0.1, -0.05) is 6.07 Å². The van der Waals surface area contributed by atoms with Gasteiger partial charge in [0.05, 0.1) is 24.5 Å². The van der Waals surface area contributed by atoms with Crippen LogP contribution < -0.4 is 5.32 Å². The lowest BCUT2D eigenvalue weighted by Crippen LogP contribution is -2.33. The van der Waals surface area contributed by atoms with E-state index in [4.69, 9.17) is 0 Å². The molecule has 7 heteroatoms. The number of hydrogen-bond acceptors (Lipinski definition) is 4. The molecule has 1 N–H and O–H groups in total. The fourth-order valence-electron chi connectivity index (χ4n) is 2.82. The fourth-order valence-corrected chi connectivity index (χ4v) is 2.82. The molecule has 1 atom stereocenters. The van der Waals surface area contributed by atoms with E-state index in [1.54, 1.807) is 23.6 Å². The molecule has 7 nitrogen and oxygen atoms in total. The maximum absolute atomic E-state index is 12.2. The molecule has 1 aliphatic rings. The van der Waals surface area contributed by atoms with Crippen LogP contribution in [0.1, 0.15) is 18.5 Å². The highest BCUT2D eigenvalue weighted by Crippen LogP contribution is 2.19. The highest BCUT2D eigenvalue weighted by Gasteiger charge is 2.34. The summed E-state index contributed by atoms with van der Waals surface area (Å²) in [5.41, 5.74) is 0.840. The molecule has 1 fully saturated rings. The maximum atomic E-state index is 12.2. The van der Waals surface area contributed by atoms with Crippen LogP contribution in [-0.2, 0) is 22.7 Å². The number of imidazole rings is 1. The van der Waals surface area contributed by atoms with Crippen molar-refractivity contribution in [1.82, 2.24) is 24.8 Å². The van der Waals surface area contributed by atoms with Gasteiger partial charge in [-0.3, -0.25) is 14.6 Å². The first-order valence-corrected chi connectivity index (χ1v) is 8.13. The van der Waals surface area contributed by atoms with Crippen molar-refractivity contribution in [3.05, 3.63) is 48.8 Å². The van der Waals surface area contributed by atoms with E-state index in [0.717, 1.165) is 18.7 Å². The molecule has 2 aromatic rings. The number of carbonyl (C=O) groups excluding carboxylic acids is 2. The van der Waals surface area contributed by atoms with Crippen molar-refractivity contribution in [1.29, 1.82) is 0 Å². The molecule has 1 aliphatic heterocycles. The van der Waals surface area contributed by atoms with Crippen LogP contribution in [-0.4, -0.2) is 44.3 Å². The van der Waals surface area contributed by atoms with Crippen molar-refractivity contribution >= 4 is 11.8 Å². The summed E-state index contributed by atoms with van der Waals surface area (Å²) in [6.07, 6.45) is 8.21. The predicted molar refractivity (Wildman–Crippen MR) is 87.6 cm³/mol. The third-order valence-corrected chi connectivity index (χ3v) is 4.12. The van der Waals surface area contributed by atoms with E-state index in [9.17, 15) is 9.59 Å². The highest BCUT2D eigenvalue weighted by molar-refractivity contribution is 5.89. The first-order valence-electron chi connectivity index (χ1n) is 8.13. The number of aryl methyl sites for hydroxylation is 1. The largest absolute Gasteiger partial charge is 0.356 e. The Morgan fingerprint density at radius 2 is 2.25 bits per heavy atom. The van der Waals surface area contributed by atoms with Crippen molar-refractivity contribution in [3.8, 4) is 0 Å². The number of hydrogen-bond donors (Lipinski definition) is 1. The smallest absolute Gasteiger partial charge is 0.225 e. The molecule has 3 rings (SSSR count). The molecule has 0 spiro atoms. The number of likely N-dealkylation sites (tertiary alicyclic amines) is 1. The van der Waals surface area contributed by atoms with Gasteiger partial charge < -0.3 is 14.8 Å². The first-order chi connectivity index (χ1) is 11.7. The molecule has 1 saturated heterocycles. The van der Waals surface area contributed by atoms with E-state index in [2.05, 4.69) is 15.3 Å². The minimum Gasteiger partial charge on any atom is -0.356 e. The Morgan fingerprint density at radius 1 is 1.33 bits per heavy atom. The van der Waals surface area contributed by atoms with E-state index in [1.165, 1.54) is 0 Å². The number of nitrogens with one attached hydrogen (secondary N) is 1. The van der Waals surface area contributed by atoms with Crippen LogP contribution in [0.4, 0.5) is 0 Å². The van der Waals surface area contributed by atoms with Crippen LogP contribution in [0, 0.1) is 5.92 Å². The third-order valence-electron chi connectivity index (χ3n) is 4.12. The highest BCUT2D eigenvalue weighted by atomic mass is 16.2. The summed E-state index contributed by atoms with van der Waals surface area (Å²) in [5.74, 6) is -0.300. The summed E-state index contributed by atoms with van der Waals surface area (Å²) < 4.78 is 1.97. The van der Waals surface area contributed by atoms with E-state index in [-0.39, 0.29) is 24.2 Å². The Labute approximate surface area is 140 Å². The van der Waals surface area contributed by atoms with Crippen LogP contribution in [0.3, 0.4) is 0 Å². The summed E-state index contributed by atoms with van der Waals surface area (Å²) in [6.45, 7) is 2.34. The van der Waals surface area contributed by atoms with Crippen LogP contribution in [0.5, 0.6) is 0 Å². The summed E-state index contributed by atoms with van der Waals surface area (Å²) in [6, 6.07) is 5.62. The molecule has 0 unspecified atom stereocenters. The Bertz CT molecular complexity index is 672. The van der Waals surface area contributed by atoms with Crippen molar-refractivity contribution in [3.63, 3.8) is 0 Å². The molecule has 0 saturated carbocycles. The summed E-state index contributed by atoms with van der Waals surface area (Å²) >= 11 is 0. The van der Waals surface area contributed by atoms with Gasteiger partial charge in [0.15, 0.2) is 0 Å². The van der Waals surface area contributed by atoms with Gasteiger partial charge in [0, 0.05) is 44.6 Å². The number of pyridine rings is 1. The third kappa shape index (κ3) is 4.18. The van der Waals surface area contributed by atoms with Crippen molar-refractivity contribution in [2.75, 3.05) is 13.1 Å². The molecule has 0 aromatic carbocycles. The number of amides is 2. The summed E-state index contributed by atoms with van der Waals surface area (Å²) in [7, 11) is 0. The normalized spacial score (nSPS) is 17.2. The van der Waals surface area contributed by atoms with Crippen LogP contribution >= 0.6 is 0 Å².